The van der Waals surface area contributed by atoms with E-state index in [1.165, 1.54) is 13.8 Å². The normalized spacial score (nSPS) is 11.6. The van der Waals surface area contributed by atoms with E-state index in [2.05, 4.69) is 10.3 Å². The minimum Gasteiger partial charge on any atom is -0.448 e. The molecule has 0 bridgehead atoms. The van der Waals surface area contributed by atoms with Crippen LogP contribution in [0.2, 0.25) is 0 Å². The van der Waals surface area contributed by atoms with Gasteiger partial charge in [-0.25, -0.2) is 9.78 Å². The molecule has 136 valence electrons. The largest absolute Gasteiger partial charge is 0.448 e. The lowest BCUT2D eigenvalue weighted by molar-refractivity contribution is -0.123. The first kappa shape index (κ1) is 18.3. The van der Waals surface area contributed by atoms with Crippen LogP contribution in [0.3, 0.4) is 0 Å². The van der Waals surface area contributed by atoms with Gasteiger partial charge < -0.3 is 10.1 Å². The summed E-state index contributed by atoms with van der Waals surface area (Å²) in [7, 11) is 0. The number of ether oxygens (including phenoxy) is 1. The van der Waals surface area contributed by atoms with E-state index < -0.39 is 18.0 Å². The van der Waals surface area contributed by atoms with Gasteiger partial charge in [0.15, 0.2) is 11.9 Å². The van der Waals surface area contributed by atoms with Gasteiger partial charge in [0.25, 0.3) is 5.91 Å². The Morgan fingerprint density at radius 1 is 0.963 bits per heavy atom. The number of fused-ring (bicyclic) bond motifs is 1. The molecule has 0 aliphatic carbocycles. The van der Waals surface area contributed by atoms with E-state index in [9.17, 15) is 14.4 Å². The van der Waals surface area contributed by atoms with Gasteiger partial charge in [-0.05, 0) is 38.1 Å². The second-order valence-corrected chi connectivity index (χ2v) is 6.03. The van der Waals surface area contributed by atoms with E-state index in [0.717, 1.165) is 5.39 Å². The molecule has 1 N–H and O–H groups in total. The van der Waals surface area contributed by atoms with Gasteiger partial charge >= 0.3 is 5.97 Å². The van der Waals surface area contributed by atoms with Crippen LogP contribution in [0.5, 0.6) is 0 Å². The van der Waals surface area contributed by atoms with Gasteiger partial charge in [0, 0.05) is 10.9 Å². The second-order valence-electron chi connectivity index (χ2n) is 6.03. The summed E-state index contributed by atoms with van der Waals surface area (Å²) in [5.74, 6) is -1.39. The third kappa shape index (κ3) is 4.17. The van der Waals surface area contributed by atoms with Crippen LogP contribution >= 0.6 is 0 Å². The van der Waals surface area contributed by atoms with Crippen molar-refractivity contribution in [1.29, 1.82) is 0 Å². The van der Waals surface area contributed by atoms with Crippen LogP contribution in [0.4, 0.5) is 5.69 Å². The average molecular weight is 362 g/mol. The van der Waals surface area contributed by atoms with Crippen molar-refractivity contribution in [2.45, 2.75) is 20.0 Å². The predicted octanol–water partition coefficient (Wildman–Crippen LogP) is 3.62. The number of amides is 1. The van der Waals surface area contributed by atoms with Crippen molar-refractivity contribution in [2.24, 2.45) is 0 Å². The zero-order valence-corrected chi connectivity index (χ0v) is 14.9. The van der Waals surface area contributed by atoms with Crippen molar-refractivity contribution >= 4 is 34.3 Å². The summed E-state index contributed by atoms with van der Waals surface area (Å²) < 4.78 is 5.22. The van der Waals surface area contributed by atoms with Crippen molar-refractivity contribution in [1.82, 2.24) is 4.98 Å². The highest BCUT2D eigenvalue weighted by Crippen LogP contribution is 2.17. The summed E-state index contributed by atoms with van der Waals surface area (Å²) in [4.78, 5) is 40.6. The van der Waals surface area contributed by atoms with Gasteiger partial charge in [0.1, 0.15) is 5.69 Å². The van der Waals surface area contributed by atoms with Gasteiger partial charge in [-0.3, -0.25) is 9.59 Å². The molecule has 3 rings (SSSR count). The number of rotatable bonds is 5. The van der Waals surface area contributed by atoms with Crippen molar-refractivity contribution in [3.05, 3.63) is 71.9 Å². The Morgan fingerprint density at radius 3 is 2.44 bits per heavy atom. The number of pyridine rings is 1. The third-order valence-electron chi connectivity index (χ3n) is 4.02. The van der Waals surface area contributed by atoms with Crippen LogP contribution in [-0.4, -0.2) is 28.7 Å². The minimum atomic E-state index is -1.05. The molecule has 1 amide bonds. The van der Waals surface area contributed by atoms with Crippen molar-refractivity contribution < 1.29 is 19.1 Å². The fraction of sp³-hybridized carbons (Fsp3) is 0.143. The molecular weight excluding hydrogens is 344 g/mol. The Bertz CT molecular complexity index is 1030. The minimum absolute atomic E-state index is 0.123. The molecular formula is C21H18N2O4. The van der Waals surface area contributed by atoms with E-state index in [1.54, 1.807) is 42.5 Å². The summed E-state index contributed by atoms with van der Waals surface area (Å²) >= 11 is 0. The molecule has 0 aliphatic heterocycles. The number of anilines is 1. The Morgan fingerprint density at radius 2 is 1.67 bits per heavy atom. The van der Waals surface area contributed by atoms with Crippen molar-refractivity contribution in [3.63, 3.8) is 0 Å². The first-order valence-corrected chi connectivity index (χ1v) is 8.43. The standard InChI is InChI=1S/C21H18N2O4/c1-13(24)16-8-4-6-10-18(16)23-20(25)14(2)27-21(26)19-12-11-15-7-3-5-9-17(15)22-19/h3-12,14H,1-2H3,(H,23,25)/t14-/m0/s1. The predicted molar refractivity (Wildman–Crippen MR) is 102 cm³/mol. The first-order valence-electron chi connectivity index (χ1n) is 8.43. The van der Waals surface area contributed by atoms with Crippen molar-refractivity contribution in [3.8, 4) is 0 Å². The summed E-state index contributed by atoms with van der Waals surface area (Å²) in [5.41, 5.74) is 1.55. The van der Waals surface area contributed by atoms with Crippen LogP contribution in [0.15, 0.2) is 60.7 Å². The number of hydrogen-bond acceptors (Lipinski definition) is 5. The molecule has 2 aromatic carbocycles. The molecule has 0 fully saturated rings. The van der Waals surface area contributed by atoms with Gasteiger partial charge in [0.2, 0.25) is 0 Å². The molecule has 0 radical (unpaired) electrons. The maximum Gasteiger partial charge on any atom is 0.357 e. The van der Waals surface area contributed by atoms with Crippen LogP contribution in [0, 0.1) is 0 Å². The number of esters is 1. The fourth-order valence-electron chi connectivity index (χ4n) is 2.59. The number of nitrogens with zero attached hydrogens (tertiary/aromatic N) is 1. The number of carbonyl (C=O) groups excluding carboxylic acids is 3. The van der Waals surface area contributed by atoms with Crippen LogP contribution in [0.25, 0.3) is 10.9 Å². The maximum absolute atomic E-state index is 12.3. The quantitative estimate of drug-likeness (QED) is 0.553. The zero-order chi connectivity index (χ0) is 19.4. The Hall–Kier alpha value is -3.54. The smallest absolute Gasteiger partial charge is 0.357 e. The number of ketones is 1. The Kier molecular flexibility index (Phi) is 5.26. The molecule has 3 aromatic rings. The van der Waals surface area contributed by atoms with E-state index in [1.807, 2.05) is 18.2 Å². The van der Waals surface area contributed by atoms with E-state index in [-0.39, 0.29) is 11.5 Å². The van der Waals surface area contributed by atoms with E-state index in [4.69, 9.17) is 4.74 Å². The number of Topliss-reactive ketones (excluding diaryl/α,β-unsaturated/α-hetero) is 1. The van der Waals surface area contributed by atoms with E-state index in [0.29, 0.717) is 16.8 Å². The molecule has 0 spiro atoms. The third-order valence-corrected chi connectivity index (χ3v) is 4.02. The maximum atomic E-state index is 12.3. The SMILES string of the molecule is CC(=O)c1ccccc1NC(=O)[C@H](C)OC(=O)c1ccc2ccccc2n1. The fourth-order valence-corrected chi connectivity index (χ4v) is 2.59. The van der Waals surface area contributed by atoms with Crippen LogP contribution in [-0.2, 0) is 9.53 Å². The first-order chi connectivity index (χ1) is 13.0. The molecule has 6 heteroatoms. The summed E-state index contributed by atoms with van der Waals surface area (Å²) in [5, 5.41) is 3.52. The van der Waals surface area contributed by atoms with Crippen LogP contribution < -0.4 is 5.32 Å². The van der Waals surface area contributed by atoms with Crippen LogP contribution in [0.1, 0.15) is 34.7 Å². The second kappa shape index (κ2) is 7.78. The highest BCUT2D eigenvalue weighted by Gasteiger charge is 2.21. The van der Waals surface area contributed by atoms with E-state index >= 15 is 0 Å². The molecule has 0 unspecified atom stereocenters. The summed E-state index contributed by atoms with van der Waals surface area (Å²) in [6.07, 6.45) is -1.05. The van der Waals surface area contributed by atoms with Gasteiger partial charge in [0.05, 0.1) is 11.2 Å². The number of carbonyl (C=O) groups is 3. The lowest BCUT2D eigenvalue weighted by Crippen LogP contribution is -2.30. The van der Waals surface area contributed by atoms with Gasteiger partial charge in [-0.1, -0.05) is 36.4 Å². The Balaban J connectivity index is 1.70. The highest BCUT2D eigenvalue weighted by atomic mass is 16.5. The topological polar surface area (TPSA) is 85.4 Å². The van der Waals surface area contributed by atoms with Gasteiger partial charge in [-0.15, -0.1) is 0 Å². The highest BCUT2D eigenvalue weighted by molar-refractivity contribution is 6.05. The zero-order valence-electron chi connectivity index (χ0n) is 14.9. The number of benzene rings is 2. The molecule has 1 atom stereocenters. The number of aromatic nitrogens is 1. The monoisotopic (exact) mass is 362 g/mol. The molecule has 1 heterocycles. The molecule has 1 aromatic heterocycles. The molecule has 0 saturated heterocycles. The number of para-hydroxylation sites is 2. The lowest BCUT2D eigenvalue weighted by Gasteiger charge is -2.15. The molecule has 27 heavy (non-hydrogen) atoms. The summed E-state index contributed by atoms with van der Waals surface area (Å²) in [6, 6.07) is 17.4. The molecule has 6 nitrogen and oxygen atoms in total. The lowest BCUT2D eigenvalue weighted by atomic mass is 10.1. The number of nitrogens with one attached hydrogen (secondary N) is 1. The van der Waals surface area contributed by atoms with Crippen molar-refractivity contribution in [2.75, 3.05) is 5.32 Å². The number of hydrogen-bond donors (Lipinski definition) is 1. The average Bonchev–Trinajstić information content (AvgIpc) is 2.67. The Labute approximate surface area is 156 Å². The summed E-state index contributed by atoms with van der Waals surface area (Å²) in [6.45, 7) is 2.88. The molecule has 0 aliphatic rings. The van der Waals surface area contributed by atoms with Gasteiger partial charge in [-0.2, -0.15) is 0 Å². The molecule has 0 saturated carbocycles.